The van der Waals surface area contributed by atoms with Crippen LogP contribution in [0, 0.1) is 0 Å². The van der Waals surface area contributed by atoms with Crippen molar-refractivity contribution >= 4 is 11.8 Å². The first-order chi connectivity index (χ1) is 7.93. The number of hydrogen-bond acceptors (Lipinski definition) is 4. The Labute approximate surface area is 97.3 Å². The molecule has 0 bridgehead atoms. The third-order valence-corrected chi connectivity index (χ3v) is 3.34. The highest BCUT2D eigenvalue weighted by molar-refractivity contribution is 7.99. The molecule has 3 rings (SSSR count). The topological polar surface area (TPSA) is 30.5 Å². The highest BCUT2D eigenvalue weighted by atomic mass is 32.2. The molecule has 0 atom stereocenters. The molecule has 0 radical (unpaired) electrons. The molecule has 4 heteroatoms. The summed E-state index contributed by atoms with van der Waals surface area (Å²) >= 11 is 1.63. The third-order valence-electron chi connectivity index (χ3n) is 2.22. The fourth-order valence-corrected chi connectivity index (χ4v) is 2.42. The molecular formula is C12H9NO2S. The second-order valence-corrected chi connectivity index (χ2v) is 4.37. The van der Waals surface area contributed by atoms with Crippen molar-refractivity contribution in [3.63, 3.8) is 0 Å². The zero-order valence-electron chi connectivity index (χ0n) is 8.34. The van der Waals surface area contributed by atoms with Crippen molar-refractivity contribution in [3.05, 3.63) is 48.5 Å². The standard InChI is InChI=1S/C12H9NO2S/c1-3-7-11-9(5-1)14-13-15-10-6-2-4-8-12(10)16-11/h1-8,13H. The minimum absolute atomic E-state index is 0.766. The number of para-hydroxylation sites is 2. The van der Waals surface area contributed by atoms with E-state index in [0.29, 0.717) is 0 Å². The van der Waals surface area contributed by atoms with E-state index in [1.54, 1.807) is 11.8 Å². The summed E-state index contributed by atoms with van der Waals surface area (Å²) in [4.78, 5) is 12.7. The molecule has 0 fully saturated rings. The summed E-state index contributed by atoms with van der Waals surface area (Å²) in [5.74, 6) is 1.53. The molecule has 0 spiro atoms. The molecule has 0 aliphatic carbocycles. The van der Waals surface area contributed by atoms with Crippen molar-refractivity contribution in [1.29, 1.82) is 0 Å². The van der Waals surface area contributed by atoms with E-state index in [-0.39, 0.29) is 0 Å². The molecule has 80 valence electrons. The van der Waals surface area contributed by atoms with E-state index in [1.807, 2.05) is 48.5 Å². The quantitative estimate of drug-likeness (QED) is 0.755. The minimum atomic E-state index is 0.766. The predicted octanol–water partition coefficient (Wildman–Crippen LogP) is 3.03. The predicted molar refractivity (Wildman–Crippen MR) is 61.4 cm³/mol. The monoisotopic (exact) mass is 231 g/mol. The van der Waals surface area contributed by atoms with Crippen LogP contribution in [-0.2, 0) is 0 Å². The van der Waals surface area contributed by atoms with Crippen LogP contribution in [0.25, 0.3) is 0 Å². The first kappa shape index (κ1) is 9.57. The number of rotatable bonds is 0. The highest BCUT2D eigenvalue weighted by Crippen LogP contribution is 2.39. The van der Waals surface area contributed by atoms with Gasteiger partial charge in [-0.25, -0.2) is 0 Å². The van der Waals surface area contributed by atoms with Crippen LogP contribution in [0.3, 0.4) is 0 Å². The zero-order chi connectivity index (χ0) is 10.8. The molecule has 0 saturated carbocycles. The van der Waals surface area contributed by atoms with Gasteiger partial charge < -0.3 is 9.68 Å². The second-order valence-electron chi connectivity index (χ2n) is 3.28. The number of nitrogens with one attached hydrogen (secondary N) is 1. The van der Waals surface area contributed by atoms with Crippen LogP contribution < -0.4 is 15.3 Å². The van der Waals surface area contributed by atoms with E-state index in [1.165, 1.54) is 0 Å². The van der Waals surface area contributed by atoms with Crippen LogP contribution in [0.1, 0.15) is 0 Å². The molecule has 16 heavy (non-hydrogen) atoms. The van der Waals surface area contributed by atoms with Crippen molar-refractivity contribution in [2.24, 2.45) is 0 Å². The Balaban J connectivity index is 2.06. The van der Waals surface area contributed by atoms with Gasteiger partial charge >= 0.3 is 0 Å². The summed E-state index contributed by atoms with van der Waals surface area (Å²) in [6, 6.07) is 15.6. The van der Waals surface area contributed by atoms with Gasteiger partial charge in [-0.1, -0.05) is 36.0 Å². The van der Waals surface area contributed by atoms with Crippen LogP contribution in [0.15, 0.2) is 58.3 Å². The van der Waals surface area contributed by atoms with Crippen LogP contribution >= 0.6 is 11.8 Å². The molecule has 1 aliphatic rings. The summed E-state index contributed by atoms with van der Waals surface area (Å²) in [5, 5.41) is 0. The maximum atomic E-state index is 5.29. The van der Waals surface area contributed by atoms with E-state index < -0.39 is 0 Å². The van der Waals surface area contributed by atoms with Gasteiger partial charge in [0.05, 0.1) is 9.79 Å². The average Bonchev–Trinajstić information content (AvgIpc) is 2.29. The minimum Gasteiger partial charge on any atom is -0.372 e. The van der Waals surface area contributed by atoms with Gasteiger partial charge in [-0.3, -0.25) is 0 Å². The van der Waals surface area contributed by atoms with Crippen molar-refractivity contribution in [1.82, 2.24) is 5.64 Å². The zero-order valence-corrected chi connectivity index (χ0v) is 9.16. The van der Waals surface area contributed by atoms with E-state index in [2.05, 4.69) is 5.64 Å². The molecular weight excluding hydrogens is 222 g/mol. The smallest absolute Gasteiger partial charge is 0.165 e. The number of hydrogen-bond donors (Lipinski definition) is 1. The van der Waals surface area contributed by atoms with E-state index in [0.717, 1.165) is 21.3 Å². The fourth-order valence-electron chi connectivity index (χ4n) is 1.47. The van der Waals surface area contributed by atoms with Crippen molar-refractivity contribution in [2.75, 3.05) is 0 Å². The fraction of sp³-hybridized carbons (Fsp3) is 0. The van der Waals surface area contributed by atoms with Gasteiger partial charge in [0.2, 0.25) is 0 Å². The molecule has 2 aromatic rings. The van der Waals surface area contributed by atoms with Gasteiger partial charge in [0, 0.05) is 5.64 Å². The summed E-state index contributed by atoms with van der Waals surface area (Å²) in [6.45, 7) is 0. The molecule has 0 saturated heterocycles. The lowest BCUT2D eigenvalue weighted by molar-refractivity contribution is -0.0242. The largest absolute Gasteiger partial charge is 0.372 e. The third kappa shape index (κ3) is 1.73. The van der Waals surface area contributed by atoms with Gasteiger partial charge in [-0.15, -0.1) is 0 Å². The molecule has 0 aromatic heterocycles. The summed E-state index contributed by atoms with van der Waals surface area (Å²) < 4.78 is 0. The number of benzene rings is 2. The van der Waals surface area contributed by atoms with E-state index >= 15 is 0 Å². The Morgan fingerprint density at radius 2 is 1.25 bits per heavy atom. The van der Waals surface area contributed by atoms with Crippen molar-refractivity contribution in [2.45, 2.75) is 9.79 Å². The lowest BCUT2D eigenvalue weighted by Gasteiger charge is -2.17. The van der Waals surface area contributed by atoms with Crippen LogP contribution in [-0.4, -0.2) is 0 Å². The lowest BCUT2D eigenvalue weighted by atomic mass is 10.3. The van der Waals surface area contributed by atoms with Crippen LogP contribution in [0.4, 0.5) is 0 Å². The maximum absolute atomic E-state index is 5.29. The number of fused-ring (bicyclic) bond motifs is 2. The normalized spacial score (nSPS) is 13.5. The Morgan fingerprint density at radius 1 is 0.750 bits per heavy atom. The SMILES string of the molecule is c1ccc2c(c1)ONOc1ccccc1S2. The summed E-state index contributed by atoms with van der Waals surface area (Å²) in [5.41, 5.74) is 2.49. The molecule has 2 aromatic carbocycles. The van der Waals surface area contributed by atoms with Crippen molar-refractivity contribution < 1.29 is 9.68 Å². The molecule has 3 nitrogen and oxygen atoms in total. The van der Waals surface area contributed by atoms with E-state index in [4.69, 9.17) is 9.68 Å². The molecule has 0 amide bonds. The van der Waals surface area contributed by atoms with E-state index in [9.17, 15) is 0 Å². The highest BCUT2D eigenvalue weighted by Gasteiger charge is 2.12. The first-order valence-corrected chi connectivity index (χ1v) is 5.70. The molecule has 1 heterocycles. The van der Waals surface area contributed by atoms with Gasteiger partial charge in [0.1, 0.15) is 0 Å². The Kier molecular flexibility index (Phi) is 2.44. The summed E-state index contributed by atoms with van der Waals surface area (Å²) in [6.07, 6.45) is 0. The van der Waals surface area contributed by atoms with Crippen molar-refractivity contribution in [3.8, 4) is 11.5 Å². The molecule has 0 unspecified atom stereocenters. The van der Waals surface area contributed by atoms with Crippen LogP contribution in [0.2, 0.25) is 0 Å². The lowest BCUT2D eigenvalue weighted by Crippen LogP contribution is -2.24. The molecule has 1 aliphatic heterocycles. The molecule has 1 N–H and O–H groups in total. The van der Waals surface area contributed by atoms with Gasteiger partial charge in [0.25, 0.3) is 0 Å². The van der Waals surface area contributed by atoms with Gasteiger partial charge in [-0.2, -0.15) is 0 Å². The van der Waals surface area contributed by atoms with Gasteiger partial charge in [-0.05, 0) is 24.3 Å². The Bertz CT molecular complexity index is 470. The Hall–Kier alpha value is -1.65. The van der Waals surface area contributed by atoms with Gasteiger partial charge in [0.15, 0.2) is 11.5 Å². The average molecular weight is 231 g/mol. The summed E-state index contributed by atoms with van der Waals surface area (Å²) in [7, 11) is 0. The van der Waals surface area contributed by atoms with Crippen LogP contribution in [0.5, 0.6) is 11.5 Å². The maximum Gasteiger partial charge on any atom is 0.165 e. The Morgan fingerprint density at radius 3 is 1.81 bits per heavy atom. The first-order valence-electron chi connectivity index (χ1n) is 4.88. The second kappa shape index (κ2) is 4.08.